The molecule has 0 saturated heterocycles. The number of anilines is 1. The number of hydrogen-bond donors (Lipinski definition) is 2. The van der Waals surface area contributed by atoms with Gasteiger partial charge in [0.05, 0.1) is 17.7 Å². The van der Waals surface area contributed by atoms with Gasteiger partial charge in [0.2, 0.25) is 5.82 Å². The van der Waals surface area contributed by atoms with Crippen molar-refractivity contribution in [3.8, 4) is 0 Å². The van der Waals surface area contributed by atoms with Gasteiger partial charge in [0.1, 0.15) is 5.69 Å². The number of hydrogen-bond acceptors (Lipinski definition) is 6. The maximum absolute atomic E-state index is 13.2. The lowest BCUT2D eigenvalue weighted by molar-refractivity contribution is -0.387. The molecule has 0 spiro atoms. The SMILES string of the molecule is O=[N+]([O-])c1cc(NCc2cn(CCCO)nn2)ccc1F. The molecule has 0 fully saturated rings. The van der Waals surface area contributed by atoms with Crippen LogP contribution in [0.15, 0.2) is 24.4 Å². The molecule has 0 aliphatic heterocycles. The van der Waals surface area contributed by atoms with Gasteiger partial charge in [-0.15, -0.1) is 5.10 Å². The minimum absolute atomic E-state index is 0.0761. The van der Waals surface area contributed by atoms with Crippen LogP contribution in [-0.2, 0) is 13.1 Å². The highest BCUT2D eigenvalue weighted by Crippen LogP contribution is 2.21. The molecule has 2 N–H and O–H groups in total. The van der Waals surface area contributed by atoms with E-state index in [0.29, 0.717) is 30.9 Å². The van der Waals surface area contributed by atoms with Crippen LogP contribution in [0.2, 0.25) is 0 Å². The van der Waals surface area contributed by atoms with Gasteiger partial charge in [-0.3, -0.25) is 14.8 Å². The van der Waals surface area contributed by atoms with Crippen molar-refractivity contribution < 1.29 is 14.4 Å². The molecule has 2 aromatic rings. The lowest BCUT2D eigenvalue weighted by Crippen LogP contribution is -2.02. The van der Waals surface area contributed by atoms with Gasteiger partial charge in [-0.05, 0) is 18.6 Å². The van der Waals surface area contributed by atoms with E-state index in [2.05, 4.69) is 15.6 Å². The van der Waals surface area contributed by atoms with E-state index in [4.69, 9.17) is 5.11 Å². The van der Waals surface area contributed by atoms with Gasteiger partial charge in [-0.1, -0.05) is 5.21 Å². The van der Waals surface area contributed by atoms with Crippen LogP contribution in [-0.4, -0.2) is 31.6 Å². The van der Waals surface area contributed by atoms with Crippen LogP contribution in [0.3, 0.4) is 0 Å². The van der Waals surface area contributed by atoms with Gasteiger partial charge in [-0.2, -0.15) is 4.39 Å². The van der Waals surface area contributed by atoms with E-state index in [1.807, 2.05) is 0 Å². The van der Waals surface area contributed by atoms with Crippen LogP contribution < -0.4 is 5.32 Å². The van der Waals surface area contributed by atoms with E-state index < -0.39 is 16.4 Å². The first-order chi connectivity index (χ1) is 10.1. The fourth-order valence-corrected chi connectivity index (χ4v) is 1.72. The number of rotatable bonds is 7. The minimum Gasteiger partial charge on any atom is -0.396 e. The predicted molar refractivity (Wildman–Crippen MR) is 72.1 cm³/mol. The lowest BCUT2D eigenvalue weighted by atomic mass is 10.2. The number of aliphatic hydroxyl groups is 1. The molecule has 0 aliphatic rings. The second-order valence-corrected chi connectivity index (χ2v) is 4.33. The molecule has 0 atom stereocenters. The van der Waals surface area contributed by atoms with Crippen molar-refractivity contribution in [3.63, 3.8) is 0 Å². The summed E-state index contributed by atoms with van der Waals surface area (Å²) in [6.45, 7) is 0.945. The summed E-state index contributed by atoms with van der Waals surface area (Å²) in [7, 11) is 0. The van der Waals surface area contributed by atoms with Crippen LogP contribution in [0, 0.1) is 15.9 Å². The zero-order valence-electron chi connectivity index (χ0n) is 11.1. The number of aryl methyl sites for hydroxylation is 1. The fraction of sp³-hybridized carbons (Fsp3) is 0.333. The Morgan fingerprint density at radius 2 is 2.29 bits per heavy atom. The molecule has 8 nitrogen and oxygen atoms in total. The summed E-state index contributed by atoms with van der Waals surface area (Å²) < 4.78 is 14.8. The number of halogens is 1. The number of aromatic nitrogens is 3. The Balaban J connectivity index is 1.98. The molecule has 112 valence electrons. The zero-order chi connectivity index (χ0) is 15.2. The molecule has 1 aromatic carbocycles. The van der Waals surface area contributed by atoms with Crippen molar-refractivity contribution in [2.24, 2.45) is 0 Å². The third kappa shape index (κ3) is 3.96. The van der Waals surface area contributed by atoms with Crippen molar-refractivity contribution in [3.05, 3.63) is 46.0 Å². The molecule has 0 bridgehead atoms. The molecule has 2 rings (SSSR count). The molecular formula is C12H14FN5O3. The van der Waals surface area contributed by atoms with Crippen molar-refractivity contribution in [2.45, 2.75) is 19.5 Å². The Bertz CT molecular complexity index is 631. The van der Waals surface area contributed by atoms with Crippen LogP contribution >= 0.6 is 0 Å². The Kier molecular flexibility index (Phi) is 4.77. The van der Waals surface area contributed by atoms with Crippen LogP contribution in [0.25, 0.3) is 0 Å². The second kappa shape index (κ2) is 6.75. The van der Waals surface area contributed by atoms with Gasteiger partial charge in [-0.25, -0.2) is 0 Å². The molecular weight excluding hydrogens is 281 g/mol. The average molecular weight is 295 g/mol. The van der Waals surface area contributed by atoms with Crippen LogP contribution in [0.1, 0.15) is 12.1 Å². The number of aliphatic hydroxyl groups excluding tert-OH is 1. The molecule has 21 heavy (non-hydrogen) atoms. The third-order valence-electron chi connectivity index (χ3n) is 2.75. The third-order valence-corrected chi connectivity index (χ3v) is 2.75. The summed E-state index contributed by atoms with van der Waals surface area (Å²) in [4.78, 5) is 9.87. The molecule has 0 amide bonds. The summed E-state index contributed by atoms with van der Waals surface area (Å²) >= 11 is 0. The number of nitro benzene ring substituents is 1. The Hall–Kier alpha value is -2.55. The number of benzene rings is 1. The standard InChI is InChI=1S/C12H14FN5O3/c13-11-3-2-9(6-12(11)18(20)21)14-7-10-8-17(16-15-10)4-1-5-19/h2-3,6,8,14,19H,1,4-5,7H2. The van der Waals surface area contributed by atoms with E-state index in [9.17, 15) is 14.5 Å². The van der Waals surface area contributed by atoms with E-state index in [0.717, 1.165) is 12.1 Å². The summed E-state index contributed by atoms with van der Waals surface area (Å²) in [5.41, 5.74) is 0.486. The molecule has 0 aliphatic carbocycles. The number of nitrogens with one attached hydrogen (secondary N) is 1. The van der Waals surface area contributed by atoms with Gasteiger partial charge in [0, 0.05) is 24.9 Å². The summed E-state index contributed by atoms with van der Waals surface area (Å²) in [5, 5.41) is 30.1. The van der Waals surface area contributed by atoms with Gasteiger partial charge in [0.25, 0.3) is 0 Å². The highest BCUT2D eigenvalue weighted by molar-refractivity contribution is 5.51. The molecule has 9 heteroatoms. The molecule has 0 unspecified atom stereocenters. The van der Waals surface area contributed by atoms with Crippen molar-refractivity contribution in [1.82, 2.24) is 15.0 Å². The zero-order valence-corrected chi connectivity index (χ0v) is 11.1. The highest BCUT2D eigenvalue weighted by atomic mass is 19.1. The van der Waals surface area contributed by atoms with Gasteiger partial charge in [0.15, 0.2) is 0 Å². The Labute approximate surface area is 119 Å². The number of nitrogens with zero attached hydrogens (tertiary/aromatic N) is 4. The summed E-state index contributed by atoms with van der Waals surface area (Å²) in [6.07, 6.45) is 2.29. The van der Waals surface area contributed by atoms with E-state index >= 15 is 0 Å². The van der Waals surface area contributed by atoms with Crippen LogP contribution in [0.5, 0.6) is 0 Å². The minimum atomic E-state index is -0.875. The first kappa shape index (κ1) is 14.9. The molecule has 1 heterocycles. The van der Waals surface area contributed by atoms with E-state index in [1.165, 1.54) is 6.07 Å². The first-order valence-electron chi connectivity index (χ1n) is 6.28. The Morgan fingerprint density at radius 1 is 1.48 bits per heavy atom. The van der Waals surface area contributed by atoms with Crippen LogP contribution in [0.4, 0.5) is 15.8 Å². The maximum Gasteiger partial charge on any atom is 0.306 e. The first-order valence-corrected chi connectivity index (χ1v) is 6.28. The quantitative estimate of drug-likeness (QED) is 0.589. The van der Waals surface area contributed by atoms with Gasteiger partial charge < -0.3 is 10.4 Å². The van der Waals surface area contributed by atoms with E-state index in [1.54, 1.807) is 10.9 Å². The predicted octanol–water partition coefficient (Wildman–Crippen LogP) is 1.32. The highest BCUT2D eigenvalue weighted by Gasteiger charge is 2.14. The maximum atomic E-state index is 13.2. The van der Waals surface area contributed by atoms with Crippen molar-refractivity contribution in [1.29, 1.82) is 0 Å². The average Bonchev–Trinajstić information content (AvgIpc) is 2.92. The molecule has 1 aromatic heterocycles. The largest absolute Gasteiger partial charge is 0.396 e. The summed E-state index contributed by atoms with van der Waals surface area (Å²) in [5.74, 6) is -0.875. The molecule has 0 radical (unpaired) electrons. The van der Waals surface area contributed by atoms with Crippen molar-refractivity contribution >= 4 is 11.4 Å². The smallest absolute Gasteiger partial charge is 0.306 e. The summed E-state index contributed by atoms with van der Waals surface area (Å²) in [6, 6.07) is 3.59. The van der Waals surface area contributed by atoms with Crippen molar-refractivity contribution in [2.75, 3.05) is 11.9 Å². The second-order valence-electron chi connectivity index (χ2n) is 4.33. The monoisotopic (exact) mass is 295 g/mol. The Morgan fingerprint density at radius 3 is 3.00 bits per heavy atom. The number of nitro groups is 1. The van der Waals surface area contributed by atoms with E-state index in [-0.39, 0.29) is 6.61 Å². The lowest BCUT2D eigenvalue weighted by Gasteiger charge is -2.04. The fourth-order valence-electron chi connectivity index (χ4n) is 1.72. The normalized spacial score (nSPS) is 10.6. The van der Waals surface area contributed by atoms with Gasteiger partial charge >= 0.3 is 5.69 Å². The topological polar surface area (TPSA) is 106 Å². The molecule has 0 saturated carbocycles.